The topological polar surface area (TPSA) is 93.2 Å². The number of rotatable bonds is 12. The second-order valence-electron chi connectivity index (χ2n) is 17.3. The van der Waals surface area contributed by atoms with Crippen LogP contribution >= 0.6 is 0 Å². The first-order valence-electron chi connectivity index (χ1n) is 17.9. The second kappa shape index (κ2) is 14.0. The number of fused-ring (bicyclic) bond motifs is 2. The Bertz CT molecular complexity index is 1570. The maximum Gasteiger partial charge on any atom is 0.238 e. The molecule has 2 bridgehead atoms. The van der Waals surface area contributed by atoms with Crippen molar-refractivity contribution in [1.29, 1.82) is 0 Å². The molecule has 1 aliphatic heterocycles. The zero-order valence-electron chi connectivity index (χ0n) is 30.8. The fraction of sp³-hybridized carbons (Fsp3) is 0.667. The fourth-order valence-corrected chi connectivity index (χ4v) is 10.5. The molecule has 266 valence electrons. The van der Waals surface area contributed by atoms with Gasteiger partial charge < -0.3 is 15.3 Å². The Kier molecular flexibility index (Phi) is 10.8. The van der Waals surface area contributed by atoms with Gasteiger partial charge in [-0.1, -0.05) is 83.5 Å². The van der Waals surface area contributed by atoms with Crippen LogP contribution in [0.5, 0.6) is 5.75 Å². The van der Waals surface area contributed by atoms with Gasteiger partial charge in [0.1, 0.15) is 11.8 Å². The monoisotopic (exact) mass is 680 g/mol. The van der Waals surface area contributed by atoms with E-state index in [4.69, 9.17) is 0 Å². The molecule has 6 rings (SSSR count). The summed E-state index contributed by atoms with van der Waals surface area (Å²) in [5, 5.41) is 14.1. The van der Waals surface area contributed by atoms with Crippen LogP contribution in [-0.4, -0.2) is 78.1 Å². The van der Waals surface area contributed by atoms with Crippen molar-refractivity contribution in [2.24, 2.45) is 28.6 Å². The minimum Gasteiger partial charge on any atom is -0.508 e. The van der Waals surface area contributed by atoms with Crippen LogP contribution in [0.3, 0.4) is 0 Å². The molecule has 0 radical (unpaired) electrons. The number of nitrogens with zero attached hydrogens (tertiary/aromatic N) is 3. The molecular formula is C39H60N4O4S. The van der Waals surface area contributed by atoms with Gasteiger partial charge in [-0.3, -0.25) is 9.69 Å². The Labute approximate surface area is 290 Å². The molecule has 48 heavy (non-hydrogen) atoms. The molecule has 8 nitrogen and oxygen atoms in total. The van der Waals surface area contributed by atoms with Gasteiger partial charge in [0.15, 0.2) is 0 Å². The van der Waals surface area contributed by atoms with E-state index in [1.54, 1.807) is 6.07 Å². The van der Waals surface area contributed by atoms with Crippen molar-refractivity contribution in [3.05, 3.63) is 64.7 Å². The van der Waals surface area contributed by atoms with Crippen molar-refractivity contribution in [3.63, 3.8) is 0 Å². The highest BCUT2D eigenvalue weighted by Gasteiger charge is 2.56. The van der Waals surface area contributed by atoms with Crippen molar-refractivity contribution in [1.82, 2.24) is 19.4 Å². The molecule has 2 aromatic carbocycles. The molecule has 3 aliphatic carbocycles. The number of carbonyl (C=O) groups excluding carboxylic acids is 1. The maximum atomic E-state index is 13.7. The predicted octanol–water partition coefficient (Wildman–Crippen LogP) is 6.16. The normalized spacial score (nSPS) is 27.2. The summed E-state index contributed by atoms with van der Waals surface area (Å²) < 4.78 is 28.1. The summed E-state index contributed by atoms with van der Waals surface area (Å²) in [6, 6.07) is 13.5. The second-order valence-corrected chi connectivity index (χ2v) is 19.3. The van der Waals surface area contributed by atoms with Crippen LogP contribution in [0.1, 0.15) is 89.5 Å². The number of aromatic hydroxyl groups is 1. The third-order valence-electron chi connectivity index (χ3n) is 11.6. The molecular weight excluding hydrogens is 621 g/mol. The fourth-order valence-electron chi connectivity index (χ4n) is 8.86. The Morgan fingerprint density at radius 1 is 1.08 bits per heavy atom. The van der Waals surface area contributed by atoms with Gasteiger partial charge in [-0.05, 0) is 92.5 Å². The van der Waals surface area contributed by atoms with Gasteiger partial charge in [-0.2, -0.15) is 4.31 Å². The van der Waals surface area contributed by atoms with Crippen LogP contribution in [0.4, 0.5) is 0 Å². The van der Waals surface area contributed by atoms with Gasteiger partial charge >= 0.3 is 0 Å². The molecule has 3 saturated carbocycles. The zero-order valence-corrected chi connectivity index (χ0v) is 31.6. The summed E-state index contributed by atoms with van der Waals surface area (Å²) in [4.78, 5) is 18.4. The summed E-state index contributed by atoms with van der Waals surface area (Å²) in [6.07, 6.45) is 3.49. The lowest BCUT2D eigenvalue weighted by Crippen LogP contribution is -2.61. The third kappa shape index (κ3) is 8.28. The molecule has 6 atom stereocenters. The molecule has 2 N–H and O–H groups in total. The van der Waals surface area contributed by atoms with Gasteiger partial charge in [-0.15, -0.1) is 0 Å². The molecule has 4 aliphatic rings. The molecule has 0 spiro atoms. The van der Waals surface area contributed by atoms with Gasteiger partial charge in [0.2, 0.25) is 15.9 Å². The first-order chi connectivity index (χ1) is 22.3. The summed E-state index contributed by atoms with van der Waals surface area (Å²) in [7, 11) is 0.636. The minimum absolute atomic E-state index is 0.00391. The number of hydrogen-bond donors (Lipinski definition) is 2. The minimum atomic E-state index is -3.56. The van der Waals surface area contributed by atoms with E-state index >= 15 is 0 Å². The maximum absolute atomic E-state index is 13.7. The van der Waals surface area contributed by atoms with Crippen LogP contribution in [0.2, 0.25) is 0 Å². The summed E-state index contributed by atoms with van der Waals surface area (Å²) in [5.41, 5.74) is 4.38. The average molecular weight is 681 g/mol. The van der Waals surface area contributed by atoms with Gasteiger partial charge in [0.25, 0.3) is 0 Å². The summed E-state index contributed by atoms with van der Waals surface area (Å²) >= 11 is 0. The largest absolute Gasteiger partial charge is 0.508 e. The Morgan fingerprint density at radius 2 is 1.79 bits per heavy atom. The number of phenols is 1. The van der Waals surface area contributed by atoms with E-state index < -0.39 is 16.1 Å². The molecule has 1 heterocycles. The van der Waals surface area contributed by atoms with Crippen LogP contribution in [0.15, 0.2) is 42.5 Å². The van der Waals surface area contributed by atoms with Gasteiger partial charge in [0.05, 0.1) is 5.75 Å². The number of aryl methyl sites for hydroxylation is 1. The Morgan fingerprint density at radius 3 is 2.44 bits per heavy atom. The van der Waals surface area contributed by atoms with E-state index in [0.29, 0.717) is 48.4 Å². The quantitative estimate of drug-likeness (QED) is 0.279. The first kappa shape index (κ1) is 36.8. The number of benzene rings is 2. The number of likely N-dealkylation sites (N-methyl/N-ethyl adjacent to an activating group) is 1. The highest BCUT2D eigenvalue weighted by Crippen LogP contribution is 2.61. The Hall–Kier alpha value is -2.46. The van der Waals surface area contributed by atoms with Crippen LogP contribution in [0, 0.1) is 35.5 Å². The van der Waals surface area contributed by atoms with Crippen LogP contribution in [-0.2, 0) is 34.5 Å². The molecule has 4 fully saturated rings. The molecule has 1 unspecified atom stereocenters. The highest BCUT2D eigenvalue weighted by molar-refractivity contribution is 7.89. The lowest BCUT2D eigenvalue weighted by molar-refractivity contribution is -0.136. The van der Waals surface area contributed by atoms with Crippen molar-refractivity contribution >= 4 is 15.9 Å². The standard InChI is InChI=1S/C39H60N4O4S/c1-26-13-14-36(44)30(17-26)24-42(32(25-41(8)9)21-38(3,4)5)22-28-11-10-12-29(18-28)23-43-35(15-16-48(43,46)47)37(45)40-34-20-31-19-33(27(34)2)39(31,6)7/h10-14,17-18,27,31-35,44H,15-16,19-25H2,1-9H3,(H,40,45)/t27-,31+,32-,33-,34-,35?/m0/s1. The number of nitrogens with one attached hydrogen (secondary N) is 1. The predicted molar refractivity (Wildman–Crippen MR) is 194 cm³/mol. The third-order valence-corrected chi connectivity index (χ3v) is 13.5. The van der Waals surface area contributed by atoms with Gasteiger partial charge in [0, 0.05) is 43.8 Å². The van der Waals surface area contributed by atoms with E-state index in [0.717, 1.165) is 41.6 Å². The van der Waals surface area contributed by atoms with Crippen molar-refractivity contribution in [3.8, 4) is 5.75 Å². The van der Waals surface area contributed by atoms with E-state index in [9.17, 15) is 18.3 Å². The lowest BCUT2D eigenvalue weighted by atomic mass is 9.45. The molecule has 1 saturated heterocycles. The highest BCUT2D eigenvalue weighted by atomic mass is 32.2. The van der Waals surface area contributed by atoms with Crippen LogP contribution in [0.25, 0.3) is 0 Å². The zero-order chi connectivity index (χ0) is 35.2. The number of amides is 1. The average Bonchev–Trinajstić information content (AvgIpc) is 3.27. The van der Waals surface area contributed by atoms with E-state index in [-0.39, 0.29) is 35.7 Å². The van der Waals surface area contributed by atoms with Crippen molar-refractivity contribution in [2.75, 3.05) is 26.4 Å². The number of carbonyl (C=O) groups is 1. The number of hydrogen-bond acceptors (Lipinski definition) is 6. The SMILES string of the molecule is Cc1ccc(O)c(CN(Cc2cccc(CN3C(C(=O)N[C@H]4C[C@H]5C[C@@H]([C@@H]4C)C5(C)C)CCS3(=O)=O)c2)[C@H](CN(C)C)CC(C)(C)C)c1. The molecule has 1 amide bonds. The molecule has 0 aromatic heterocycles. The van der Waals surface area contributed by atoms with E-state index in [1.165, 1.54) is 10.7 Å². The lowest BCUT2D eigenvalue weighted by Gasteiger charge is -2.62. The first-order valence-corrected chi connectivity index (χ1v) is 19.5. The van der Waals surface area contributed by atoms with Crippen molar-refractivity contribution < 1.29 is 18.3 Å². The van der Waals surface area contributed by atoms with Crippen LogP contribution < -0.4 is 5.32 Å². The number of sulfonamides is 1. The number of phenolic OH excluding ortho intramolecular Hbond substituents is 1. The van der Waals surface area contributed by atoms with E-state index in [1.807, 2.05) is 25.1 Å². The van der Waals surface area contributed by atoms with Crippen molar-refractivity contribution in [2.45, 2.75) is 112 Å². The smallest absolute Gasteiger partial charge is 0.238 e. The Balaban J connectivity index is 1.35. The molecule has 2 aromatic rings. The van der Waals surface area contributed by atoms with E-state index in [2.05, 4.69) is 89.0 Å². The summed E-state index contributed by atoms with van der Waals surface area (Å²) in [6.45, 7) is 18.0. The summed E-state index contributed by atoms with van der Waals surface area (Å²) in [5.74, 6) is 1.74. The molecule has 9 heteroatoms. The van der Waals surface area contributed by atoms with Gasteiger partial charge in [-0.25, -0.2) is 8.42 Å².